The number of carbonyl (C=O) groups is 1. The van der Waals surface area contributed by atoms with Crippen LogP contribution in [0.5, 0.6) is 0 Å². The fraction of sp³-hybridized carbons (Fsp3) is 0.545. The molecule has 0 spiro atoms. The van der Waals surface area contributed by atoms with E-state index in [0.717, 1.165) is 0 Å². The fourth-order valence-electron chi connectivity index (χ4n) is 1.68. The van der Waals surface area contributed by atoms with Gasteiger partial charge >= 0.3 is 0 Å². The van der Waals surface area contributed by atoms with E-state index in [1.807, 2.05) is 13.8 Å². The molecule has 96 valence electrons. The highest BCUT2D eigenvalue weighted by atomic mass is 32.2. The second-order valence-electron chi connectivity index (χ2n) is 4.06. The van der Waals surface area contributed by atoms with Gasteiger partial charge in [-0.15, -0.1) is 0 Å². The average molecular weight is 257 g/mol. The summed E-state index contributed by atoms with van der Waals surface area (Å²) < 4.78 is 12.8. The molecule has 0 bridgehead atoms. The van der Waals surface area contributed by atoms with Crippen LogP contribution >= 0.6 is 0 Å². The third-order valence-corrected chi connectivity index (χ3v) is 3.32. The quantitative estimate of drug-likeness (QED) is 0.810. The third kappa shape index (κ3) is 3.89. The predicted molar refractivity (Wildman–Crippen MR) is 70.4 cm³/mol. The molecular formula is C11H19N3O2S. The number of hydrogen-bond donors (Lipinski definition) is 2. The Labute approximate surface area is 104 Å². The lowest BCUT2D eigenvalue weighted by atomic mass is 10.3. The maximum atomic E-state index is 11.9. The van der Waals surface area contributed by atoms with Crippen molar-refractivity contribution in [2.75, 3.05) is 17.7 Å². The largest absolute Gasteiger partial charge is 0.397 e. The molecule has 1 rings (SSSR count). The number of nitrogens with one attached hydrogen (secondary N) is 1. The molecule has 1 heterocycles. The Hall–Kier alpha value is -1.30. The van der Waals surface area contributed by atoms with Crippen LogP contribution in [-0.2, 0) is 17.3 Å². The van der Waals surface area contributed by atoms with E-state index < -0.39 is 10.8 Å². The zero-order valence-corrected chi connectivity index (χ0v) is 11.2. The Balaban J connectivity index is 2.72. The minimum absolute atomic E-state index is 0.116. The van der Waals surface area contributed by atoms with Crippen LogP contribution in [0.2, 0.25) is 0 Å². The standard InChI is InChI=1S/C11H19N3O2S/c1-4-14-6-9(12)5-10(14)11(15)13-8(2)7-17(3)16/h5-6,8H,4,7,12H2,1-3H3,(H,13,15). The minimum Gasteiger partial charge on any atom is -0.397 e. The lowest BCUT2D eigenvalue weighted by molar-refractivity contribution is 0.0934. The molecule has 6 heteroatoms. The first-order valence-corrected chi connectivity index (χ1v) is 7.23. The van der Waals surface area contributed by atoms with Gasteiger partial charge in [0.15, 0.2) is 0 Å². The first-order chi connectivity index (χ1) is 7.93. The summed E-state index contributed by atoms with van der Waals surface area (Å²) in [5, 5.41) is 2.81. The monoisotopic (exact) mass is 257 g/mol. The van der Waals surface area contributed by atoms with E-state index in [4.69, 9.17) is 5.73 Å². The normalized spacial score (nSPS) is 14.3. The van der Waals surface area contributed by atoms with Gasteiger partial charge in [0.25, 0.3) is 5.91 Å². The van der Waals surface area contributed by atoms with E-state index in [-0.39, 0.29) is 11.9 Å². The molecule has 2 atom stereocenters. The van der Waals surface area contributed by atoms with E-state index >= 15 is 0 Å². The van der Waals surface area contributed by atoms with Crippen molar-refractivity contribution in [1.29, 1.82) is 0 Å². The van der Waals surface area contributed by atoms with Crippen LogP contribution in [0.15, 0.2) is 12.3 Å². The second kappa shape index (κ2) is 5.86. The molecule has 0 aliphatic carbocycles. The summed E-state index contributed by atoms with van der Waals surface area (Å²) in [4.78, 5) is 11.9. The van der Waals surface area contributed by atoms with E-state index in [2.05, 4.69) is 5.32 Å². The van der Waals surface area contributed by atoms with Crippen molar-refractivity contribution >= 4 is 22.4 Å². The number of aryl methyl sites for hydroxylation is 1. The average Bonchev–Trinajstić information content (AvgIpc) is 2.58. The molecule has 3 N–H and O–H groups in total. The number of carbonyl (C=O) groups excluding carboxylic acids is 1. The number of anilines is 1. The van der Waals surface area contributed by atoms with Crippen molar-refractivity contribution in [2.24, 2.45) is 0 Å². The molecule has 0 aliphatic heterocycles. The van der Waals surface area contributed by atoms with Gasteiger partial charge in [0, 0.05) is 41.6 Å². The fourth-order valence-corrected chi connectivity index (χ4v) is 2.46. The zero-order valence-electron chi connectivity index (χ0n) is 10.4. The minimum atomic E-state index is -0.917. The Bertz CT molecular complexity index is 428. The zero-order chi connectivity index (χ0) is 13.0. The molecule has 1 amide bonds. The number of hydrogen-bond acceptors (Lipinski definition) is 3. The van der Waals surface area contributed by atoms with Gasteiger partial charge in [-0.3, -0.25) is 9.00 Å². The maximum absolute atomic E-state index is 11.9. The second-order valence-corrected chi connectivity index (χ2v) is 5.54. The molecule has 1 aromatic rings. The van der Waals surface area contributed by atoms with Crippen LogP contribution < -0.4 is 11.1 Å². The van der Waals surface area contributed by atoms with E-state index in [1.54, 1.807) is 23.1 Å². The number of nitrogen functional groups attached to an aromatic ring is 1. The highest BCUT2D eigenvalue weighted by Crippen LogP contribution is 2.10. The molecule has 0 radical (unpaired) electrons. The number of aromatic nitrogens is 1. The lowest BCUT2D eigenvalue weighted by Gasteiger charge is -2.13. The molecule has 5 nitrogen and oxygen atoms in total. The lowest BCUT2D eigenvalue weighted by Crippen LogP contribution is -2.37. The first kappa shape index (κ1) is 13.8. The summed E-state index contributed by atoms with van der Waals surface area (Å²) in [6.45, 7) is 4.47. The Kier molecular flexibility index (Phi) is 4.74. The van der Waals surface area contributed by atoms with Gasteiger partial charge in [0.1, 0.15) is 5.69 Å². The highest BCUT2D eigenvalue weighted by Gasteiger charge is 2.14. The number of amides is 1. The predicted octanol–water partition coefficient (Wildman–Crippen LogP) is 0.587. The summed E-state index contributed by atoms with van der Waals surface area (Å²) in [6.07, 6.45) is 3.35. The van der Waals surface area contributed by atoms with E-state index in [0.29, 0.717) is 23.7 Å². The summed E-state index contributed by atoms with van der Waals surface area (Å²) in [7, 11) is -0.917. The highest BCUT2D eigenvalue weighted by molar-refractivity contribution is 7.84. The van der Waals surface area contributed by atoms with Crippen molar-refractivity contribution in [2.45, 2.75) is 26.4 Å². The number of nitrogens with zero attached hydrogens (tertiary/aromatic N) is 1. The molecule has 0 fully saturated rings. The van der Waals surface area contributed by atoms with Gasteiger partial charge in [0.2, 0.25) is 0 Å². The SMILES string of the molecule is CCn1cc(N)cc1C(=O)NC(C)CS(C)=O. The molecule has 0 aromatic carbocycles. The number of rotatable bonds is 5. The molecule has 0 aliphatic rings. The van der Waals surface area contributed by atoms with E-state index in [1.165, 1.54) is 0 Å². The van der Waals surface area contributed by atoms with Crippen LogP contribution in [0.25, 0.3) is 0 Å². The van der Waals surface area contributed by atoms with E-state index in [9.17, 15) is 9.00 Å². The third-order valence-electron chi connectivity index (χ3n) is 2.35. The van der Waals surface area contributed by atoms with Gasteiger partial charge in [0.05, 0.1) is 5.69 Å². The molecule has 17 heavy (non-hydrogen) atoms. The van der Waals surface area contributed by atoms with Crippen LogP contribution in [0.3, 0.4) is 0 Å². The summed E-state index contributed by atoms with van der Waals surface area (Å²) in [6, 6.07) is 1.53. The van der Waals surface area contributed by atoms with Crippen molar-refractivity contribution < 1.29 is 9.00 Å². The Morgan fingerprint density at radius 3 is 2.82 bits per heavy atom. The first-order valence-electron chi connectivity index (χ1n) is 5.50. The van der Waals surface area contributed by atoms with Crippen molar-refractivity contribution in [3.8, 4) is 0 Å². The van der Waals surface area contributed by atoms with Crippen LogP contribution in [0, 0.1) is 0 Å². The van der Waals surface area contributed by atoms with Gasteiger partial charge in [-0.05, 0) is 19.9 Å². The van der Waals surface area contributed by atoms with Gasteiger partial charge in [-0.25, -0.2) is 0 Å². The molecule has 2 unspecified atom stereocenters. The van der Waals surface area contributed by atoms with Crippen molar-refractivity contribution in [3.63, 3.8) is 0 Å². The van der Waals surface area contributed by atoms with Gasteiger partial charge in [-0.1, -0.05) is 0 Å². The van der Waals surface area contributed by atoms with Crippen molar-refractivity contribution in [3.05, 3.63) is 18.0 Å². The van der Waals surface area contributed by atoms with Crippen LogP contribution in [0.1, 0.15) is 24.3 Å². The molecule has 1 aromatic heterocycles. The molecule has 0 saturated heterocycles. The molecule has 0 saturated carbocycles. The maximum Gasteiger partial charge on any atom is 0.268 e. The van der Waals surface area contributed by atoms with Gasteiger partial charge < -0.3 is 15.6 Å². The topological polar surface area (TPSA) is 77.1 Å². The summed E-state index contributed by atoms with van der Waals surface area (Å²) >= 11 is 0. The van der Waals surface area contributed by atoms with Crippen LogP contribution in [-0.4, -0.2) is 32.7 Å². The Morgan fingerprint density at radius 1 is 1.65 bits per heavy atom. The summed E-state index contributed by atoms with van der Waals surface area (Å²) in [5.74, 6) is 0.273. The Morgan fingerprint density at radius 2 is 2.29 bits per heavy atom. The summed E-state index contributed by atoms with van der Waals surface area (Å²) in [5.41, 5.74) is 6.77. The van der Waals surface area contributed by atoms with Crippen LogP contribution in [0.4, 0.5) is 5.69 Å². The smallest absolute Gasteiger partial charge is 0.268 e. The van der Waals surface area contributed by atoms with Crippen molar-refractivity contribution in [1.82, 2.24) is 9.88 Å². The number of nitrogens with two attached hydrogens (primary N) is 1. The van der Waals surface area contributed by atoms with Gasteiger partial charge in [-0.2, -0.15) is 0 Å². The molecular weight excluding hydrogens is 238 g/mol.